The second-order valence-corrected chi connectivity index (χ2v) is 3.87. The Labute approximate surface area is 99.8 Å². The zero-order chi connectivity index (χ0) is 12.3. The van der Waals surface area contributed by atoms with Crippen LogP contribution in [0.5, 0.6) is 5.75 Å². The monoisotopic (exact) mass is 230 g/mol. The number of Topliss-reactive ketones (excluding diaryl/α,β-unsaturated/α-hetero) is 1. The molecule has 2 rings (SSSR count). The molecule has 4 heteroatoms. The number of carbonyl (C=O) groups excluding carboxylic acids is 1. The quantitative estimate of drug-likeness (QED) is 0.755. The summed E-state index contributed by atoms with van der Waals surface area (Å²) in [7, 11) is 1.58. The molecule has 0 aliphatic heterocycles. The van der Waals surface area contributed by atoms with Crippen LogP contribution in [0.4, 0.5) is 0 Å². The van der Waals surface area contributed by atoms with Crippen LogP contribution in [0.15, 0.2) is 36.7 Å². The summed E-state index contributed by atoms with van der Waals surface area (Å²) < 4.78 is 6.72. The van der Waals surface area contributed by atoms with Crippen molar-refractivity contribution in [2.75, 3.05) is 7.11 Å². The molecule has 17 heavy (non-hydrogen) atoms. The topological polar surface area (TPSA) is 44.1 Å². The van der Waals surface area contributed by atoms with E-state index in [-0.39, 0.29) is 12.3 Å². The molecule has 0 saturated heterocycles. The van der Waals surface area contributed by atoms with Gasteiger partial charge in [-0.15, -0.1) is 0 Å². The molecule has 0 amide bonds. The van der Waals surface area contributed by atoms with Crippen LogP contribution in [0.2, 0.25) is 0 Å². The average molecular weight is 230 g/mol. The zero-order valence-corrected chi connectivity index (χ0v) is 9.88. The zero-order valence-electron chi connectivity index (χ0n) is 9.88. The van der Waals surface area contributed by atoms with E-state index in [1.54, 1.807) is 36.2 Å². The first kappa shape index (κ1) is 11.4. The van der Waals surface area contributed by atoms with Crippen LogP contribution in [0, 0.1) is 6.92 Å². The summed E-state index contributed by atoms with van der Waals surface area (Å²) in [6, 6.07) is 7.13. The van der Waals surface area contributed by atoms with Gasteiger partial charge < -0.3 is 4.74 Å². The van der Waals surface area contributed by atoms with Gasteiger partial charge in [0.05, 0.1) is 13.3 Å². The molecule has 0 bridgehead atoms. The Morgan fingerprint density at radius 3 is 2.94 bits per heavy atom. The molecule has 0 radical (unpaired) electrons. The number of hydrogen-bond donors (Lipinski definition) is 0. The van der Waals surface area contributed by atoms with Gasteiger partial charge in [-0.05, 0) is 24.6 Å². The second kappa shape index (κ2) is 4.82. The van der Waals surface area contributed by atoms with Crippen LogP contribution in [-0.2, 0) is 6.54 Å². The predicted molar refractivity (Wildman–Crippen MR) is 64.3 cm³/mol. The lowest BCUT2D eigenvalue weighted by Gasteiger charge is -2.04. The Kier molecular flexibility index (Phi) is 3.23. The van der Waals surface area contributed by atoms with Crippen molar-refractivity contribution < 1.29 is 9.53 Å². The average Bonchev–Trinajstić information content (AvgIpc) is 2.75. The van der Waals surface area contributed by atoms with Crippen molar-refractivity contribution in [1.82, 2.24) is 9.78 Å². The molecule has 0 atom stereocenters. The van der Waals surface area contributed by atoms with Crippen LogP contribution in [-0.4, -0.2) is 22.7 Å². The Balaban J connectivity index is 2.14. The third-order valence-corrected chi connectivity index (χ3v) is 2.46. The third kappa shape index (κ3) is 2.72. The smallest absolute Gasteiger partial charge is 0.184 e. The van der Waals surface area contributed by atoms with Crippen molar-refractivity contribution in [3.8, 4) is 5.75 Å². The molecule has 0 aliphatic rings. The van der Waals surface area contributed by atoms with Gasteiger partial charge in [0.15, 0.2) is 5.78 Å². The Hall–Kier alpha value is -2.10. The standard InChI is InChI=1S/C13H14N2O2/c1-10-7-14-15(8-10)9-13(16)11-4-3-5-12(6-11)17-2/h3-8H,9H2,1-2H3. The number of benzene rings is 1. The lowest BCUT2D eigenvalue weighted by atomic mass is 10.1. The van der Waals surface area contributed by atoms with Gasteiger partial charge in [-0.1, -0.05) is 12.1 Å². The number of methoxy groups -OCH3 is 1. The number of ketones is 1. The second-order valence-electron chi connectivity index (χ2n) is 3.87. The van der Waals surface area contributed by atoms with Gasteiger partial charge in [0, 0.05) is 11.8 Å². The minimum Gasteiger partial charge on any atom is -0.497 e. The van der Waals surface area contributed by atoms with Crippen LogP contribution >= 0.6 is 0 Å². The summed E-state index contributed by atoms with van der Waals surface area (Å²) in [5, 5.41) is 4.09. The molecule has 1 aromatic heterocycles. The fourth-order valence-electron chi connectivity index (χ4n) is 1.59. The molecule has 0 fully saturated rings. The van der Waals surface area contributed by atoms with Crippen LogP contribution in [0.1, 0.15) is 15.9 Å². The number of aromatic nitrogens is 2. The van der Waals surface area contributed by atoms with Crippen LogP contribution in [0.3, 0.4) is 0 Å². The lowest BCUT2D eigenvalue weighted by molar-refractivity contribution is 0.0967. The fourth-order valence-corrected chi connectivity index (χ4v) is 1.59. The summed E-state index contributed by atoms with van der Waals surface area (Å²) in [6.07, 6.45) is 3.58. The van der Waals surface area contributed by atoms with E-state index in [1.165, 1.54) is 0 Å². The highest BCUT2D eigenvalue weighted by Gasteiger charge is 2.08. The number of carbonyl (C=O) groups is 1. The van der Waals surface area contributed by atoms with E-state index in [9.17, 15) is 4.79 Å². The number of nitrogens with zero attached hydrogens (tertiary/aromatic N) is 2. The highest BCUT2D eigenvalue weighted by molar-refractivity contribution is 5.96. The minimum absolute atomic E-state index is 0.0204. The van der Waals surface area contributed by atoms with Crippen molar-refractivity contribution in [1.29, 1.82) is 0 Å². The van der Waals surface area contributed by atoms with E-state index in [1.807, 2.05) is 19.2 Å². The SMILES string of the molecule is COc1cccc(C(=O)Cn2cc(C)cn2)c1. The minimum atomic E-state index is 0.0204. The van der Waals surface area contributed by atoms with E-state index in [2.05, 4.69) is 5.10 Å². The first-order chi connectivity index (χ1) is 8.19. The molecule has 1 heterocycles. The van der Waals surface area contributed by atoms with Gasteiger partial charge in [-0.25, -0.2) is 0 Å². The van der Waals surface area contributed by atoms with E-state index in [4.69, 9.17) is 4.74 Å². The first-order valence-corrected chi connectivity index (χ1v) is 5.35. The first-order valence-electron chi connectivity index (χ1n) is 5.35. The van der Waals surface area contributed by atoms with Crippen molar-refractivity contribution >= 4 is 5.78 Å². The predicted octanol–water partition coefficient (Wildman–Crippen LogP) is 2.08. The van der Waals surface area contributed by atoms with E-state index >= 15 is 0 Å². The van der Waals surface area contributed by atoms with E-state index in [0.717, 1.165) is 5.56 Å². The molecular weight excluding hydrogens is 216 g/mol. The molecule has 2 aromatic rings. The van der Waals surface area contributed by atoms with E-state index in [0.29, 0.717) is 11.3 Å². The van der Waals surface area contributed by atoms with Gasteiger partial charge in [0.25, 0.3) is 0 Å². The summed E-state index contributed by atoms with van der Waals surface area (Å²) in [5.74, 6) is 0.708. The highest BCUT2D eigenvalue weighted by atomic mass is 16.5. The molecule has 0 spiro atoms. The van der Waals surface area contributed by atoms with Crippen molar-refractivity contribution in [3.05, 3.63) is 47.8 Å². The normalized spacial score (nSPS) is 10.2. The molecule has 88 valence electrons. The number of rotatable bonds is 4. The van der Waals surface area contributed by atoms with Gasteiger partial charge in [-0.3, -0.25) is 9.48 Å². The lowest BCUT2D eigenvalue weighted by Crippen LogP contribution is -2.10. The van der Waals surface area contributed by atoms with Crippen LogP contribution < -0.4 is 4.74 Å². The summed E-state index contributed by atoms with van der Waals surface area (Å²) >= 11 is 0. The molecule has 0 saturated carbocycles. The third-order valence-electron chi connectivity index (χ3n) is 2.46. The number of hydrogen-bond acceptors (Lipinski definition) is 3. The summed E-state index contributed by atoms with van der Waals surface area (Å²) in [6.45, 7) is 2.19. The maximum atomic E-state index is 12.0. The highest BCUT2D eigenvalue weighted by Crippen LogP contribution is 2.13. The van der Waals surface area contributed by atoms with Crippen molar-refractivity contribution in [2.45, 2.75) is 13.5 Å². The molecule has 0 aliphatic carbocycles. The largest absolute Gasteiger partial charge is 0.497 e. The Morgan fingerprint density at radius 2 is 2.29 bits per heavy atom. The number of aryl methyl sites for hydroxylation is 1. The maximum absolute atomic E-state index is 12.0. The molecule has 1 aromatic carbocycles. The van der Waals surface area contributed by atoms with Gasteiger partial charge in [-0.2, -0.15) is 5.10 Å². The molecule has 4 nitrogen and oxygen atoms in total. The fraction of sp³-hybridized carbons (Fsp3) is 0.231. The molecular formula is C13H14N2O2. The summed E-state index contributed by atoms with van der Waals surface area (Å²) in [4.78, 5) is 12.0. The Bertz CT molecular complexity index is 532. The van der Waals surface area contributed by atoms with Gasteiger partial charge in [0.2, 0.25) is 0 Å². The van der Waals surface area contributed by atoms with Gasteiger partial charge in [0.1, 0.15) is 12.3 Å². The van der Waals surface area contributed by atoms with E-state index < -0.39 is 0 Å². The Morgan fingerprint density at radius 1 is 1.47 bits per heavy atom. The molecule has 0 unspecified atom stereocenters. The van der Waals surface area contributed by atoms with Crippen LogP contribution in [0.25, 0.3) is 0 Å². The maximum Gasteiger partial charge on any atom is 0.184 e. The number of ether oxygens (including phenoxy) is 1. The summed E-state index contributed by atoms with van der Waals surface area (Å²) in [5.41, 5.74) is 1.68. The van der Waals surface area contributed by atoms with Crippen molar-refractivity contribution in [3.63, 3.8) is 0 Å². The van der Waals surface area contributed by atoms with Gasteiger partial charge >= 0.3 is 0 Å². The molecule has 0 N–H and O–H groups in total. The van der Waals surface area contributed by atoms with Crippen molar-refractivity contribution in [2.24, 2.45) is 0 Å².